The summed E-state index contributed by atoms with van der Waals surface area (Å²) in [7, 11) is 0. The van der Waals surface area contributed by atoms with Gasteiger partial charge in [-0.1, -0.05) is 32.4 Å². The van der Waals surface area contributed by atoms with E-state index in [9.17, 15) is 0 Å². The van der Waals surface area contributed by atoms with Gasteiger partial charge in [-0.3, -0.25) is 0 Å². The molecule has 0 aliphatic rings. The van der Waals surface area contributed by atoms with Crippen molar-refractivity contribution in [2.24, 2.45) is 5.92 Å². The second-order valence-corrected chi connectivity index (χ2v) is 3.74. The molecule has 0 aliphatic heterocycles. The highest BCUT2D eigenvalue weighted by molar-refractivity contribution is 5.20. The van der Waals surface area contributed by atoms with Crippen LogP contribution in [-0.4, -0.2) is 6.61 Å². The van der Waals surface area contributed by atoms with Gasteiger partial charge in [0.25, 0.3) is 0 Å². The third-order valence-corrected chi connectivity index (χ3v) is 2.49. The molecule has 0 aromatic heterocycles. The van der Waals surface area contributed by atoms with Crippen molar-refractivity contribution in [3.05, 3.63) is 30.3 Å². The van der Waals surface area contributed by atoms with E-state index in [1.54, 1.807) is 0 Å². The fraction of sp³-hybridized carbons (Fsp3) is 0.538. The fourth-order valence-electron chi connectivity index (χ4n) is 1.29. The minimum Gasteiger partial charge on any atom is -0.494 e. The molecule has 0 heterocycles. The van der Waals surface area contributed by atoms with Crippen molar-refractivity contribution in [3.63, 3.8) is 0 Å². The molecule has 1 atom stereocenters. The smallest absolute Gasteiger partial charge is 0.119 e. The third kappa shape index (κ3) is 4.31. The van der Waals surface area contributed by atoms with Crippen LogP contribution in [0.2, 0.25) is 0 Å². The Labute approximate surface area is 87.1 Å². The van der Waals surface area contributed by atoms with E-state index in [0.29, 0.717) is 0 Å². The number of rotatable bonds is 6. The highest BCUT2D eigenvalue weighted by Crippen LogP contribution is 2.12. The molecule has 0 aliphatic carbocycles. The summed E-state index contributed by atoms with van der Waals surface area (Å²) in [6.07, 6.45) is 3.67. The van der Waals surface area contributed by atoms with Gasteiger partial charge in [-0.15, -0.1) is 0 Å². The average Bonchev–Trinajstić information content (AvgIpc) is 2.25. The van der Waals surface area contributed by atoms with Gasteiger partial charge in [0.2, 0.25) is 0 Å². The standard InChI is InChI=1S/C13H19O/c1-3-12(2)8-7-11-14-13-9-5-4-6-10-13/h5-6,9-10,12H,3,7-8,11H2,1-2H3. The van der Waals surface area contributed by atoms with Crippen LogP contribution < -0.4 is 4.74 Å². The Morgan fingerprint density at radius 1 is 1.36 bits per heavy atom. The van der Waals surface area contributed by atoms with Crippen molar-refractivity contribution >= 4 is 0 Å². The molecule has 0 N–H and O–H groups in total. The average molecular weight is 191 g/mol. The Morgan fingerprint density at radius 3 is 2.71 bits per heavy atom. The van der Waals surface area contributed by atoms with Gasteiger partial charge in [0, 0.05) is 0 Å². The van der Waals surface area contributed by atoms with E-state index in [0.717, 1.165) is 24.7 Å². The van der Waals surface area contributed by atoms with E-state index in [1.807, 2.05) is 24.3 Å². The van der Waals surface area contributed by atoms with Crippen LogP contribution in [0.1, 0.15) is 33.1 Å². The number of hydrogen-bond donors (Lipinski definition) is 0. The fourth-order valence-corrected chi connectivity index (χ4v) is 1.29. The lowest BCUT2D eigenvalue weighted by Gasteiger charge is -2.09. The maximum absolute atomic E-state index is 5.58. The van der Waals surface area contributed by atoms with E-state index in [2.05, 4.69) is 19.9 Å². The van der Waals surface area contributed by atoms with Gasteiger partial charge in [-0.2, -0.15) is 0 Å². The lowest BCUT2D eigenvalue weighted by atomic mass is 10.0. The first kappa shape index (κ1) is 11.1. The summed E-state index contributed by atoms with van der Waals surface area (Å²) in [6, 6.07) is 10.6. The van der Waals surface area contributed by atoms with Crippen LogP contribution in [0.15, 0.2) is 24.3 Å². The minimum absolute atomic E-state index is 0.822. The van der Waals surface area contributed by atoms with Crippen molar-refractivity contribution in [2.45, 2.75) is 33.1 Å². The first-order valence-electron chi connectivity index (χ1n) is 5.42. The summed E-state index contributed by atoms with van der Waals surface area (Å²) in [5, 5.41) is 0. The number of ether oxygens (including phenoxy) is 1. The molecule has 0 bridgehead atoms. The first-order valence-corrected chi connectivity index (χ1v) is 5.42. The van der Waals surface area contributed by atoms with Crippen LogP contribution in [0.5, 0.6) is 5.75 Å². The van der Waals surface area contributed by atoms with E-state index in [-0.39, 0.29) is 0 Å². The molecular weight excluding hydrogens is 172 g/mol. The zero-order valence-corrected chi connectivity index (χ0v) is 9.12. The van der Waals surface area contributed by atoms with Crippen LogP contribution in [0.25, 0.3) is 0 Å². The monoisotopic (exact) mass is 191 g/mol. The predicted molar refractivity (Wildman–Crippen MR) is 59.5 cm³/mol. The topological polar surface area (TPSA) is 9.23 Å². The molecule has 0 saturated carbocycles. The van der Waals surface area contributed by atoms with E-state index in [1.165, 1.54) is 12.8 Å². The van der Waals surface area contributed by atoms with Crippen LogP contribution in [-0.2, 0) is 0 Å². The highest BCUT2D eigenvalue weighted by atomic mass is 16.5. The summed E-state index contributed by atoms with van der Waals surface area (Å²) in [4.78, 5) is 0. The van der Waals surface area contributed by atoms with E-state index in [4.69, 9.17) is 4.74 Å². The van der Waals surface area contributed by atoms with Gasteiger partial charge in [-0.05, 0) is 37.0 Å². The lowest BCUT2D eigenvalue weighted by molar-refractivity contribution is 0.294. The molecule has 0 amide bonds. The van der Waals surface area contributed by atoms with Crippen molar-refractivity contribution in [1.82, 2.24) is 0 Å². The number of benzene rings is 1. The Morgan fingerprint density at radius 2 is 2.07 bits per heavy atom. The summed E-state index contributed by atoms with van der Waals surface area (Å²) in [5.74, 6) is 1.77. The Balaban J connectivity index is 2.10. The quantitative estimate of drug-likeness (QED) is 0.623. The number of hydrogen-bond acceptors (Lipinski definition) is 1. The maximum atomic E-state index is 5.58. The molecule has 1 radical (unpaired) electrons. The molecule has 1 heteroatoms. The first-order chi connectivity index (χ1) is 6.83. The lowest BCUT2D eigenvalue weighted by Crippen LogP contribution is -2.00. The van der Waals surface area contributed by atoms with Gasteiger partial charge >= 0.3 is 0 Å². The molecule has 1 aromatic carbocycles. The molecule has 0 spiro atoms. The SMILES string of the molecule is CCC(C)CCCOc1cc[c]cc1. The van der Waals surface area contributed by atoms with Crippen LogP contribution >= 0.6 is 0 Å². The van der Waals surface area contributed by atoms with Crippen molar-refractivity contribution in [2.75, 3.05) is 6.61 Å². The summed E-state index contributed by atoms with van der Waals surface area (Å²) < 4.78 is 5.58. The van der Waals surface area contributed by atoms with Crippen molar-refractivity contribution in [3.8, 4) is 5.75 Å². The Kier molecular flexibility index (Phi) is 5.13. The molecular formula is C13H19O. The van der Waals surface area contributed by atoms with Crippen molar-refractivity contribution in [1.29, 1.82) is 0 Å². The van der Waals surface area contributed by atoms with Crippen LogP contribution in [0.3, 0.4) is 0 Å². The minimum atomic E-state index is 0.822. The normalized spacial score (nSPS) is 12.4. The van der Waals surface area contributed by atoms with Crippen LogP contribution in [0, 0.1) is 12.0 Å². The summed E-state index contributed by atoms with van der Waals surface area (Å²) >= 11 is 0. The van der Waals surface area contributed by atoms with Gasteiger partial charge in [0.15, 0.2) is 0 Å². The Hall–Kier alpha value is -0.980. The molecule has 14 heavy (non-hydrogen) atoms. The predicted octanol–water partition coefficient (Wildman–Crippen LogP) is 3.69. The van der Waals surface area contributed by atoms with Gasteiger partial charge in [0.05, 0.1) is 6.61 Å². The molecule has 0 saturated heterocycles. The molecule has 1 aromatic rings. The van der Waals surface area contributed by atoms with Gasteiger partial charge in [0.1, 0.15) is 5.75 Å². The summed E-state index contributed by atoms with van der Waals surface area (Å²) in [5.41, 5.74) is 0. The van der Waals surface area contributed by atoms with Gasteiger partial charge in [-0.25, -0.2) is 0 Å². The zero-order valence-electron chi connectivity index (χ0n) is 9.12. The van der Waals surface area contributed by atoms with Crippen molar-refractivity contribution < 1.29 is 4.74 Å². The largest absolute Gasteiger partial charge is 0.494 e. The summed E-state index contributed by atoms with van der Waals surface area (Å²) in [6.45, 7) is 5.35. The molecule has 0 fully saturated rings. The Bertz CT molecular complexity index is 230. The highest BCUT2D eigenvalue weighted by Gasteiger charge is 1.98. The third-order valence-electron chi connectivity index (χ3n) is 2.49. The molecule has 77 valence electrons. The molecule has 1 rings (SSSR count). The van der Waals surface area contributed by atoms with Crippen LogP contribution in [0.4, 0.5) is 0 Å². The maximum Gasteiger partial charge on any atom is 0.119 e. The van der Waals surface area contributed by atoms with E-state index < -0.39 is 0 Å². The molecule has 1 nitrogen and oxygen atoms in total. The van der Waals surface area contributed by atoms with Gasteiger partial charge < -0.3 is 4.74 Å². The second kappa shape index (κ2) is 6.47. The molecule has 1 unspecified atom stereocenters. The zero-order chi connectivity index (χ0) is 10.2. The van der Waals surface area contributed by atoms with E-state index >= 15 is 0 Å². The second-order valence-electron chi connectivity index (χ2n) is 3.74.